The monoisotopic (exact) mass is 275 g/mol. The van der Waals surface area contributed by atoms with E-state index in [2.05, 4.69) is 0 Å². The molecule has 0 aliphatic carbocycles. The van der Waals surface area contributed by atoms with Gasteiger partial charge in [-0.15, -0.1) is 0 Å². The maximum atomic E-state index is 11.7. The molecule has 20 heavy (non-hydrogen) atoms. The van der Waals surface area contributed by atoms with E-state index < -0.39 is 5.97 Å². The van der Waals surface area contributed by atoms with Crippen LogP contribution in [-0.2, 0) is 17.9 Å². The van der Waals surface area contributed by atoms with E-state index in [1.165, 1.54) is 6.26 Å². The molecular weight excluding hydrogens is 258 g/mol. The molecule has 0 bridgehead atoms. The van der Waals surface area contributed by atoms with E-state index in [-0.39, 0.29) is 6.61 Å². The Morgan fingerprint density at radius 2 is 2.20 bits per heavy atom. The molecular formula is C15H17NO4. The zero-order valence-electron chi connectivity index (χ0n) is 11.3. The number of rotatable bonds is 6. The van der Waals surface area contributed by atoms with Crippen LogP contribution in [0.1, 0.15) is 28.6 Å². The third kappa shape index (κ3) is 3.39. The van der Waals surface area contributed by atoms with E-state index in [4.69, 9.17) is 19.6 Å². The van der Waals surface area contributed by atoms with Crippen LogP contribution in [0.2, 0.25) is 0 Å². The highest BCUT2D eigenvalue weighted by molar-refractivity contribution is 5.90. The number of ether oxygens (including phenoxy) is 2. The van der Waals surface area contributed by atoms with Gasteiger partial charge in [0.1, 0.15) is 17.9 Å². The van der Waals surface area contributed by atoms with Gasteiger partial charge in [0.05, 0.1) is 12.9 Å². The first-order valence-electron chi connectivity index (χ1n) is 6.40. The lowest BCUT2D eigenvalue weighted by Gasteiger charge is -2.07. The first kappa shape index (κ1) is 14.1. The lowest BCUT2D eigenvalue weighted by molar-refractivity contribution is 0.0521. The lowest BCUT2D eigenvalue weighted by Crippen LogP contribution is -2.07. The molecule has 5 nitrogen and oxygen atoms in total. The van der Waals surface area contributed by atoms with E-state index in [1.54, 1.807) is 13.0 Å². The number of carbonyl (C=O) groups is 1. The van der Waals surface area contributed by atoms with Crippen LogP contribution in [0.4, 0.5) is 0 Å². The summed E-state index contributed by atoms with van der Waals surface area (Å²) in [7, 11) is 0. The standard InChI is InChI=1S/C15H17NO4/c1-2-18-15(17)13-6-7-19-14(13)10-20-12-5-3-4-11(8-12)9-16/h3-8H,2,9-10,16H2,1H3. The third-order valence-electron chi connectivity index (χ3n) is 2.74. The van der Waals surface area contributed by atoms with E-state index >= 15 is 0 Å². The average Bonchev–Trinajstić information content (AvgIpc) is 2.94. The summed E-state index contributed by atoms with van der Waals surface area (Å²) in [5.74, 6) is 0.719. The first-order valence-corrected chi connectivity index (χ1v) is 6.40. The van der Waals surface area contributed by atoms with E-state index in [0.29, 0.717) is 30.2 Å². The van der Waals surface area contributed by atoms with Gasteiger partial charge >= 0.3 is 5.97 Å². The normalized spacial score (nSPS) is 10.3. The minimum Gasteiger partial charge on any atom is -0.486 e. The van der Waals surface area contributed by atoms with Gasteiger partial charge in [-0.25, -0.2) is 4.79 Å². The van der Waals surface area contributed by atoms with Crippen LogP contribution in [0.3, 0.4) is 0 Å². The molecule has 1 aromatic carbocycles. The van der Waals surface area contributed by atoms with Crippen LogP contribution in [0.15, 0.2) is 41.0 Å². The molecule has 0 saturated heterocycles. The van der Waals surface area contributed by atoms with Crippen molar-refractivity contribution in [3.8, 4) is 5.75 Å². The molecule has 0 aliphatic heterocycles. The Hall–Kier alpha value is -2.27. The van der Waals surface area contributed by atoms with Crippen LogP contribution in [0.25, 0.3) is 0 Å². The smallest absolute Gasteiger partial charge is 0.341 e. The maximum absolute atomic E-state index is 11.7. The summed E-state index contributed by atoms with van der Waals surface area (Å²) in [6.07, 6.45) is 1.45. The summed E-state index contributed by atoms with van der Waals surface area (Å²) in [6, 6.07) is 9.04. The second-order valence-electron chi connectivity index (χ2n) is 4.12. The fourth-order valence-corrected chi connectivity index (χ4v) is 1.75. The Kier molecular flexibility index (Phi) is 4.79. The van der Waals surface area contributed by atoms with Crippen molar-refractivity contribution in [2.45, 2.75) is 20.1 Å². The summed E-state index contributed by atoms with van der Waals surface area (Å²) in [5.41, 5.74) is 6.94. The van der Waals surface area contributed by atoms with Crippen molar-refractivity contribution in [2.24, 2.45) is 5.73 Å². The van der Waals surface area contributed by atoms with Gasteiger partial charge in [-0.1, -0.05) is 12.1 Å². The van der Waals surface area contributed by atoms with Gasteiger partial charge in [0.2, 0.25) is 0 Å². The van der Waals surface area contributed by atoms with Crippen molar-refractivity contribution in [1.29, 1.82) is 0 Å². The molecule has 1 heterocycles. The Balaban J connectivity index is 2.04. The third-order valence-corrected chi connectivity index (χ3v) is 2.74. The van der Waals surface area contributed by atoms with Gasteiger partial charge in [-0.3, -0.25) is 0 Å². The van der Waals surface area contributed by atoms with Crippen LogP contribution >= 0.6 is 0 Å². The Labute approximate surface area is 117 Å². The molecule has 106 valence electrons. The Morgan fingerprint density at radius 1 is 1.35 bits per heavy atom. The number of hydrogen-bond acceptors (Lipinski definition) is 5. The number of furan rings is 1. The predicted octanol–water partition coefficient (Wildman–Crippen LogP) is 2.49. The highest BCUT2D eigenvalue weighted by Crippen LogP contribution is 2.18. The van der Waals surface area contributed by atoms with E-state index in [1.807, 2.05) is 24.3 Å². The summed E-state index contributed by atoms with van der Waals surface area (Å²) in [5, 5.41) is 0. The van der Waals surface area contributed by atoms with Gasteiger partial charge < -0.3 is 19.6 Å². The molecule has 5 heteroatoms. The quantitative estimate of drug-likeness (QED) is 0.820. The van der Waals surface area contributed by atoms with Gasteiger partial charge in [-0.2, -0.15) is 0 Å². The van der Waals surface area contributed by atoms with Gasteiger partial charge in [0.25, 0.3) is 0 Å². The highest BCUT2D eigenvalue weighted by atomic mass is 16.5. The SMILES string of the molecule is CCOC(=O)c1ccoc1COc1cccc(CN)c1. The fourth-order valence-electron chi connectivity index (χ4n) is 1.75. The number of carbonyl (C=O) groups excluding carboxylic acids is 1. The van der Waals surface area contributed by atoms with Gasteiger partial charge in [0.15, 0.2) is 5.76 Å². The molecule has 0 atom stereocenters. The van der Waals surface area contributed by atoms with Crippen molar-refractivity contribution >= 4 is 5.97 Å². The van der Waals surface area contributed by atoms with Crippen LogP contribution < -0.4 is 10.5 Å². The number of esters is 1. The number of hydrogen-bond donors (Lipinski definition) is 1. The van der Waals surface area contributed by atoms with Crippen molar-refractivity contribution in [2.75, 3.05) is 6.61 Å². The van der Waals surface area contributed by atoms with Crippen LogP contribution in [0.5, 0.6) is 5.75 Å². The zero-order valence-corrected chi connectivity index (χ0v) is 11.3. The van der Waals surface area contributed by atoms with Crippen molar-refractivity contribution < 1.29 is 18.7 Å². The molecule has 0 aliphatic rings. The van der Waals surface area contributed by atoms with Gasteiger partial charge in [0, 0.05) is 6.54 Å². The number of nitrogens with two attached hydrogens (primary N) is 1. The van der Waals surface area contributed by atoms with Crippen molar-refractivity contribution in [3.05, 3.63) is 53.5 Å². The molecule has 2 N–H and O–H groups in total. The average molecular weight is 275 g/mol. The van der Waals surface area contributed by atoms with E-state index in [0.717, 1.165) is 5.56 Å². The topological polar surface area (TPSA) is 74.7 Å². The minimum atomic E-state index is -0.407. The lowest BCUT2D eigenvalue weighted by atomic mass is 10.2. The molecule has 0 saturated carbocycles. The molecule has 0 spiro atoms. The van der Waals surface area contributed by atoms with Gasteiger partial charge in [-0.05, 0) is 30.7 Å². The maximum Gasteiger partial charge on any atom is 0.341 e. The first-order chi connectivity index (χ1) is 9.74. The van der Waals surface area contributed by atoms with Crippen LogP contribution in [0, 0.1) is 0 Å². The highest BCUT2D eigenvalue weighted by Gasteiger charge is 2.16. The predicted molar refractivity (Wildman–Crippen MR) is 73.3 cm³/mol. The molecule has 0 fully saturated rings. The molecule has 2 rings (SSSR count). The Morgan fingerprint density at radius 3 is 2.95 bits per heavy atom. The Bertz CT molecular complexity index is 577. The molecule has 0 amide bonds. The summed E-state index contributed by atoms with van der Waals surface area (Å²) in [4.78, 5) is 11.7. The molecule has 0 unspecified atom stereocenters. The summed E-state index contributed by atoms with van der Waals surface area (Å²) in [6.45, 7) is 2.69. The molecule has 0 radical (unpaired) electrons. The largest absolute Gasteiger partial charge is 0.486 e. The summed E-state index contributed by atoms with van der Waals surface area (Å²) < 4.78 is 15.8. The van der Waals surface area contributed by atoms with E-state index in [9.17, 15) is 4.79 Å². The van der Waals surface area contributed by atoms with Crippen LogP contribution in [-0.4, -0.2) is 12.6 Å². The second-order valence-corrected chi connectivity index (χ2v) is 4.12. The number of benzene rings is 1. The fraction of sp³-hybridized carbons (Fsp3) is 0.267. The minimum absolute atomic E-state index is 0.162. The van der Waals surface area contributed by atoms with Crippen molar-refractivity contribution in [1.82, 2.24) is 0 Å². The second kappa shape index (κ2) is 6.77. The molecule has 1 aromatic heterocycles. The van der Waals surface area contributed by atoms with Crippen molar-refractivity contribution in [3.63, 3.8) is 0 Å². The summed E-state index contributed by atoms with van der Waals surface area (Å²) >= 11 is 0. The zero-order chi connectivity index (χ0) is 14.4. The molecule has 2 aromatic rings.